The van der Waals surface area contributed by atoms with Gasteiger partial charge in [-0.25, -0.2) is 8.42 Å². The number of hydrogen-bond acceptors (Lipinski definition) is 6. The molecule has 2 heterocycles. The van der Waals surface area contributed by atoms with Crippen molar-refractivity contribution in [3.63, 3.8) is 0 Å². The summed E-state index contributed by atoms with van der Waals surface area (Å²) in [6.45, 7) is 0.338. The van der Waals surface area contributed by atoms with Crippen LogP contribution in [0.3, 0.4) is 0 Å². The summed E-state index contributed by atoms with van der Waals surface area (Å²) in [7, 11) is -1.74. The van der Waals surface area contributed by atoms with E-state index in [-0.39, 0.29) is 22.2 Å². The summed E-state index contributed by atoms with van der Waals surface area (Å²) in [6, 6.07) is 11.1. The van der Waals surface area contributed by atoms with Gasteiger partial charge in [-0.05, 0) is 36.5 Å². The van der Waals surface area contributed by atoms with Crippen molar-refractivity contribution in [2.75, 3.05) is 6.54 Å². The lowest BCUT2D eigenvalue weighted by Crippen LogP contribution is -2.26. The number of aromatic nitrogens is 3. The standard InChI is InChI=1S/C17H18N4O4S2/c1-21-15(19-20-17(21)26)9-10-18-16(22)14-8-7-12(25-14)11-27(23,24)13-5-3-2-4-6-13/h2-8H,9-11H2,1H3,(H,18,22)(H,20,26). The van der Waals surface area contributed by atoms with Crippen LogP contribution in [0.25, 0.3) is 0 Å². The van der Waals surface area contributed by atoms with Gasteiger partial charge in [-0.1, -0.05) is 18.2 Å². The van der Waals surface area contributed by atoms with Crippen molar-refractivity contribution >= 4 is 28.0 Å². The Morgan fingerprint density at radius 3 is 2.67 bits per heavy atom. The monoisotopic (exact) mass is 406 g/mol. The van der Waals surface area contributed by atoms with Crippen molar-refractivity contribution in [3.05, 3.63) is 64.6 Å². The van der Waals surface area contributed by atoms with E-state index in [0.717, 1.165) is 5.82 Å². The third-order valence-electron chi connectivity index (χ3n) is 3.93. The fraction of sp³-hybridized carbons (Fsp3) is 0.235. The van der Waals surface area contributed by atoms with Gasteiger partial charge >= 0.3 is 0 Å². The molecule has 8 nitrogen and oxygen atoms in total. The molecule has 27 heavy (non-hydrogen) atoms. The maximum atomic E-state index is 12.4. The molecule has 10 heteroatoms. The van der Waals surface area contributed by atoms with Crippen LogP contribution in [0.2, 0.25) is 0 Å². The lowest BCUT2D eigenvalue weighted by atomic mass is 10.3. The topological polar surface area (TPSA) is 110 Å². The quantitative estimate of drug-likeness (QED) is 0.581. The molecule has 0 saturated heterocycles. The Labute approximate surface area is 161 Å². The number of rotatable bonds is 7. The Kier molecular flexibility index (Phi) is 5.57. The van der Waals surface area contributed by atoms with Gasteiger partial charge in [0.15, 0.2) is 20.4 Å². The van der Waals surface area contributed by atoms with Crippen molar-refractivity contribution in [2.45, 2.75) is 17.1 Å². The molecular formula is C17H18N4O4S2. The number of H-pyrrole nitrogens is 1. The van der Waals surface area contributed by atoms with Gasteiger partial charge in [-0.15, -0.1) is 0 Å². The smallest absolute Gasteiger partial charge is 0.287 e. The molecule has 2 N–H and O–H groups in total. The number of sulfone groups is 1. The van der Waals surface area contributed by atoms with Crippen LogP contribution in [0, 0.1) is 4.77 Å². The maximum Gasteiger partial charge on any atom is 0.287 e. The second-order valence-corrected chi connectivity index (χ2v) is 8.22. The van der Waals surface area contributed by atoms with E-state index in [1.807, 2.05) is 0 Å². The van der Waals surface area contributed by atoms with Crippen molar-refractivity contribution < 1.29 is 17.6 Å². The predicted octanol–water partition coefficient (Wildman–Crippen LogP) is 2.02. The highest BCUT2D eigenvalue weighted by Gasteiger charge is 2.19. The first kappa shape index (κ1) is 19.1. The normalized spacial score (nSPS) is 11.4. The molecule has 0 saturated carbocycles. The highest BCUT2D eigenvalue weighted by Crippen LogP contribution is 2.18. The number of furan rings is 1. The molecular weight excluding hydrogens is 388 g/mol. The summed E-state index contributed by atoms with van der Waals surface area (Å²) in [6.07, 6.45) is 0.491. The van der Waals surface area contributed by atoms with E-state index in [2.05, 4.69) is 15.5 Å². The van der Waals surface area contributed by atoms with Crippen LogP contribution in [0.1, 0.15) is 22.1 Å². The number of benzene rings is 1. The highest BCUT2D eigenvalue weighted by atomic mass is 32.2. The molecule has 1 aromatic carbocycles. The number of amides is 1. The van der Waals surface area contributed by atoms with Crippen molar-refractivity contribution in [3.8, 4) is 0 Å². The summed E-state index contributed by atoms with van der Waals surface area (Å²) in [5.74, 6) is 0.251. The fourth-order valence-electron chi connectivity index (χ4n) is 2.45. The lowest BCUT2D eigenvalue weighted by Gasteiger charge is -2.04. The van der Waals surface area contributed by atoms with Gasteiger partial charge in [0.05, 0.1) is 4.90 Å². The number of carbonyl (C=O) groups is 1. The zero-order valence-electron chi connectivity index (χ0n) is 14.5. The second-order valence-electron chi connectivity index (χ2n) is 5.85. The zero-order valence-corrected chi connectivity index (χ0v) is 16.1. The third kappa shape index (κ3) is 4.52. The Morgan fingerprint density at radius 1 is 1.26 bits per heavy atom. The average molecular weight is 406 g/mol. The largest absolute Gasteiger partial charge is 0.455 e. The van der Waals surface area contributed by atoms with Crippen molar-refractivity contribution in [2.24, 2.45) is 7.05 Å². The van der Waals surface area contributed by atoms with E-state index in [9.17, 15) is 13.2 Å². The Hall–Kier alpha value is -2.72. The van der Waals surface area contributed by atoms with Gasteiger partial charge in [0, 0.05) is 20.0 Å². The van der Waals surface area contributed by atoms with Crippen LogP contribution in [0.4, 0.5) is 0 Å². The van der Waals surface area contributed by atoms with E-state index in [1.54, 1.807) is 29.8 Å². The Bertz CT molecular complexity index is 1100. The molecule has 0 spiro atoms. The van der Waals surface area contributed by atoms with Crippen LogP contribution in [-0.4, -0.2) is 35.6 Å². The third-order valence-corrected chi connectivity index (χ3v) is 5.95. The number of nitrogens with one attached hydrogen (secondary N) is 2. The summed E-state index contributed by atoms with van der Waals surface area (Å²) < 4.78 is 32.4. The molecule has 0 radical (unpaired) electrons. The highest BCUT2D eigenvalue weighted by molar-refractivity contribution is 7.90. The van der Waals surface area contributed by atoms with Gasteiger partial charge in [0.25, 0.3) is 5.91 Å². The molecule has 142 valence electrons. The van der Waals surface area contributed by atoms with E-state index >= 15 is 0 Å². The minimum absolute atomic E-state index is 0.0589. The summed E-state index contributed by atoms with van der Waals surface area (Å²) >= 11 is 5.03. The molecule has 0 fully saturated rings. The first-order valence-corrected chi connectivity index (χ1v) is 10.2. The molecule has 0 aliphatic heterocycles. The molecule has 2 aromatic heterocycles. The number of hydrogen-bond donors (Lipinski definition) is 2. The van der Waals surface area contributed by atoms with Crippen LogP contribution in [0.15, 0.2) is 51.8 Å². The minimum Gasteiger partial charge on any atom is -0.455 e. The second kappa shape index (κ2) is 7.89. The number of aromatic amines is 1. The fourth-order valence-corrected chi connectivity index (χ4v) is 3.87. The Balaban J connectivity index is 1.59. The van der Waals surface area contributed by atoms with E-state index in [0.29, 0.717) is 17.7 Å². The van der Waals surface area contributed by atoms with Gasteiger partial charge in [-0.3, -0.25) is 9.89 Å². The number of carbonyl (C=O) groups excluding carboxylic acids is 1. The van der Waals surface area contributed by atoms with Crippen LogP contribution < -0.4 is 5.32 Å². The first-order chi connectivity index (χ1) is 12.9. The van der Waals surface area contributed by atoms with Crippen LogP contribution >= 0.6 is 12.2 Å². The summed E-state index contributed by atoms with van der Waals surface area (Å²) in [5.41, 5.74) is 0. The number of nitrogens with zero attached hydrogens (tertiary/aromatic N) is 2. The molecule has 0 unspecified atom stereocenters. The van der Waals surface area contributed by atoms with E-state index in [4.69, 9.17) is 16.6 Å². The Morgan fingerprint density at radius 2 is 2.00 bits per heavy atom. The van der Waals surface area contributed by atoms with Crippen LogP contribution in [0.5, 0.6) is 0 Å². The average Bonchev–Trinajstić information content (AvgIpc) is 3.24. The van der Waals surface area contributed by atoms with Gasteiger partial charge in [0.2, 0.25) is 0 Å². The molecule has 0 aliphatic rings. The molecule has 3 rings (SSSR count). The van der Waals surface area contributed by atoms with Gasteiger partial charge in [0.1, 0.15) is 17.3 Å². The SMILES string of the molecule is Cn1c(CCNC(=O)c2ccc(CS(=O)(=O)c3ccccc3)o2)n[nH]c1=S. The molecule has 3 aromatic rings. The molecule has 0 bridgehead atoms. The van der Waals surface area contributed by atoms with Crippen molar-refractivity contribution in [1.82, 2.24) is 20.1 Å². The van der Waals surface area contributed by atoms with Crippen molar-refractivity contribution in [1.29, 1.82) is 0 Å². The van der Waals surface area contributed by atoms with Gasteiger partial charge < -0.3 is 14.3 Å². The molecule has 0 aliphatic carbocycles. The van der Waals surface area contributed by atoms with Crippen LogP contribution in [-0.2, 0) is 29.1 Å². The first-order valence-electron chi connectivity index (χ1n) is 8.12. The molecule has 0 atom stereocenters. The van der Waals surface area contributed by atoms with E-state index in [1.165, 1.54) is 24.3 Å². The summed E-state index contributed by atoms with van der Waals surface area (Å²) in [4.78, 5) is 12.4. The van der Waals surface area contributed by atoms with Gasteiger partial charge in [-0.2, -0.15) is 5.10 Å². The zero-order chi connectivity index (χ0) is 19.4. The predicted molar refractivity (Wildman–Crippen MR) is 100 cm³/mol. The minimum atomic E-state index is -3.53. The summed E-state index contributed by atoms with van der Waals surface area (Å²) in [5, 5.41) is 9.44. The van der Waals surface area contributed by atoms with E-state index < -0.39 is 15.7 Å². The lowest BCUT2D eigenvalue weighted by molar-refractivity contribution is 0.0924. The maximum absolute atomic E-state index is 12.4. The molecule has 1 amide bonds.